The molecule has 0 radical (unpaired) electrons. The van der Waals surface area contributed by atoms with Crippen LogP contribution in [0.4, 0.5) is 5.69 Å². The van der Waals surface area contributed by atoms with E-state index in [-0.39, 0.29) is 30.4 Å². The third-order valence-corrected chi connectivity index (χ3v) is 11.3. The summed E-state index contributed by atoms with van der Waals surface area (Å²) in [7, 11) is 0. The summed E-state index contributed by atoms with van der Waals surface area (Å²) < 4.78 is 3.93. The standard InChI is InChI=1S/C35H41N3O5S/c1-5-43-27-15-13-25(14-16-27)37-20-9-17-34(4)28(31(37)40)29-32(41)38(26(22-39)21-24-11-7-6-8-12-24)30-33(42)36(23(2)3)19-10-18-35(29,30)44-34/h6-18,23,26,28-30,39H,5,19-22H2,1-4H3/t26-,28-,29+,30?,34+,35+/m1/s1. The van der Waals surface area contributed by atoms with E-state index >= 15 is 0 Å². The second-order valence-electron chi connectivity index (χ2n) is 12.5. The van der Waals surface area contributed by atoms with Crippen molar-refractivity contribution in [2.75, 3.05) is 31.2 Å². The summed E-state index contributed by atoms with van der Waals surface area (Å²) in [5.41, 5.74) is 1.70. The molecule has 9 heteroatoms. The Bertz CT molecular complexity index is 1480. The van der Waals surface area contributed by atoms with Crippen molar-refractivity contribution in [1.82, 2.24) is 9.80 Å². The van der Waals surface area contributed by atoms with Crippen LogP contribution in [-0.4, -0.2) is 86.6 Å². The minimum Gasteiger partial charge on any atom is -0.494 e. The molecule has 3 amide bonds. The number of carbonyl (C=O) groups is 3. The van der Waals surface area contributed by atoms with E-state index in [1.807, 2.05) is 101 Å². The highest BCUT2D eigenvalue weighted by Crippen LogP contribution is 2.66. The predicted molar refractivity (Wildman–Crippen MR) is 172 cm³/mol. The molecule has 2 aromatic rings. The Morgan fingerprint density at radius 2 is 1.64 bits per heavy atom. The van der Waals surface area contributed by atoms with Crippen LogP contribution < -0.4 is 9.64 Å². The van der Waals surface area contributed by atoms with Crippen molar-refractivity contribution < 1.29 is 24.2 Å². The van der Waals surface area contributed by atoms with Crippen molar-refractivity contribution in [3.63, 3.8) is 0 Å². The number of aliphatic hydroxyl groups excluding tert-OH is 1. The third kappa shape index (κ3) is 4.85. The van der Waals surface area contributed by atoms with Crippen molar-refractivity contribution in [2.45, 2.75) is 61.7 Å². The zero-order valence-corrected chi connectivity index (χ0v) is 26.6. The maximum absolute atomic E-state index is 14.9. The second kappa shape index (κ2) is 11.7. The second-order valence-corrected chi connectivity index (χ2v) is 14.3. The summed E-state index contributed by atoms with van der Waals surface area (Å²) >= 11 is 1.56. The molecule has 0 aromatic heterocycles. The highest BCUT2D eigenvalue weighted by molar-refractivity contribution is 8.02. The number of carbonyl (C=O) groups excluding carboxylic acids is 3. The van der Waals surface area contributed by atoms with E-state index in [0.29, 0.717) is 26.1 Å². The Balaban J connectivity index is 1.45. The van der Waals surface area contributed by atoms with Gasteiger partial charge in [0.25, 0.3) is 0 Å². The zero-order valence-electron chi connectivity index (χ0n) is 25.8. The highest BCUT2D eigenvalue weighted by atomic mass is 32.2. The number of hydrogen-bond donors (Lipinski definition) is 1. The first-order valence-electron chi connectivity index (χ1n) is 15.5. The Labute approximate surface area is 263 Å². The maximum atomic E-state index is 14.9. The number of rotatable bonds is 8. The molecule has 6 atom stereocenters. The molecule has 0 saturated carbocycles. The summed E-state index contributed by atoms with van der Waals surface area (Å²) in [6, 6.07) is 15.6. The van der Waals surface area contributed by atoms with Crippen molar-refractivity contribution in [3.8, 4) is 5.75 Å². The van der Waals surface area contributed by atoms with Gasteiger partial charge in [-0.3, -0.25) is 14.4 Å². The van der Waals surface area contributed by atoms with Crippen molar-refractivity contribution in [3.05, 3.63) is 84.5 Å². The summed E-state index contributed by atoms with van der Waals surface area (Å²) in [4.78, 5) is 49.3. The fourth-order valence-corrected chi connectivity index (χ4v) is 9.74. The molecule has 44 heavy (non-hydrogen) atoms. The van der Waals surface area contributed by atoms with E-state index in [1.54, 1.807) is 26.5 Å². The molecule has 1 unspecified atom stereocenters. The SMILES string of the molecule is CCOc1ccc(N2CC=C[C@]3(C)S[C@]45C=CCN(C(C)C)C(=O)C4N([C@@H](CO)Cc4ccccc4)C(=O)[C@@H]5[C@@H]3C2=O)cc1. The number of anilines is 1. The van der Waals surface area contributed by atoms with Crippen LogP contribution in [0.25, 0.3) is 0 Å². The van der Waals surface area contributed by atoms with E-state index in [2.05, 4.69) is 6.08 Å². The molecule has 8 nitrogen and oxygen atoms in total. The van der Waals surface area contributed by atoms with Crippen LogP contribution in [0.1, 0.15) is 33.3 Å². The average Bonchev–Trinajstić information content (AvgIpc) is 3.28. The van der Waals surface area contributed by atoms with Gasteiger partial charge in [0.2, 0.25) is 17.7 Å². The number of ether oxygens (including phenoxy) is 1. The zero-order chi connectivity index (χ0) is 31.2. The van der Waals surface area contributed by atoms with Crippen LogP contribution in [0.2, 0.25) is 0 Å². The molecule has 4 heterocycles. The first-order valence-corrected chi connectivity index (χ1v) is 16.3. The Morgan fingerprint density at radius 1 is 0.932 bits per heavy atom. The molecular weight excluding hydrogens is 574 g/mol. The molecular formula is C35H41N3O5S. The number of nitrogens with zero attached hydrogens (tertiary/aromatic N) is 3. The van der Waals surface area contributed by atoms with E-state index in [1.165, 1.54) is 0 Å². The lowest BCUT2D eigenvalue weighted by Gasteiger charge is -2.40. The van der Waals surface area contributed by atoms with Crippen LogP contribution in [0, 0.1) is 11.8 Å². The van der Waals surface area contributed by atoms with Crippen LogP contribution >= 0.6 is 11.8 Å². The van der Waals surface area contributed by atoms with Gasteiger partial charge in [-0.15, -0.1) is 11.8 Å². The number of hydrogen-bond acceptors (Lipinski definition) is 6. The molecule has 0 bridgehead atoms. The topological polar surface area (TPSA) is 90.4 Å². The normalized spacial score (nSPS) is 30.3. The fraction of sp³-hybridized carbons (Fsp3) is 0.457. The first kappa shape index (κ1) is 30.5. The minimum absolute atomic E-state index is 0.0795. The number of benzene rings is 2. The Morgan fingerprint density at radius 3 is 2.30 bits per heavy atom. The number of fused-ring (bicyclic) bond motifs is 2. The number of thioether (sulfide) groups is 1. The molecule has 4 aliphatic rings. The van der Waals surface area contributed by atoms with Gasteiger partial charge in [-0.05, 0) is 63.9 Å². The fourth-order valence-electron chi connectivity index (χ4n) is 7.59. The van der Waals surface area contributed by atoms with Crippen molar-refractivity contribution in [1.29, 1.82) is 0 Å². The predicted octanol–water partition coefficient (Wildman–Crippen LogP) is 4.09. The van der Waals surface area contributed by atoms with Gasteiger partial charge < -0.3 is 24.5 Å². The lowest BCUT2D eigenvalue weighted by molar-refractivity contribution is -0.146. The van der Waals surface area contributed by atoms with E-state index in [9.17, 15) is 19.5 Å². The average molecular weight is 616 g/mol. The molecule has 1 spiro atoms. The molecule has 2 aromatic carbocycles. The van der Waals surface area contributed by atoms with Crippen molar-refractivity contribution >= 4 is 35.2 Å². The van der Waals surface area contributed by atoms with Crippen molar-refractivity contribution in [2.24, 2.45) is 11.8 Å². The van der Waals surface area contributed by atoms with E-state index in [4.69, 9.17) is 4.74 Å². The molecule has 6 rings (SSSR count). The quantitative estimate of drug-likeness (QED) is 0.450. The van der Waals surface area contributed by atoms with Gasteiger partial charge in [0.05, 0.1) is 35.8 Å². The largest absolute Gasteiger partial charge is 0.494 e. The van der Waals surface area contributed by atoms with Gasteiger partial charge in [-0.25, -0.2) is 0 Å². The Hall–Kier alpha value is -3.56. The third-order valence-electron chi connectivity index (χ3n) is 9.53. The maximum Gasteiger partial charge on any atom is 0.247 e. The molecule has 0 aliphatic carbocycles. The van der Waals surface area contributed by atoms with Gasteiger partial charge in [0, 0.05) is 29.6 Å². The number of amides is 3. The van der Waals surface area contributed by atoms with Crippen LogP contribution in [0.15, 0.2) is 78.9 Å². The smallest absolute Gasteiger partial charge is 0.247 e. The first-order chi connectivity index (χ1) is 21.1. The summed E-state index contributed by atoms with van der Waals surface area (Å²) in [5, 5.41) is 10.7. The highest BCUT2D eigenvalue weighted by Gasteiger charge is 2.74. The van der Waals surface area contributed by atoms with Gasteiger partial charge >= 0.3 is 0 Å². The lowest BCUT2D eigenvalue weighted by Crippen LogP contribution is -2.58. The van der Waals surface area contributed by atoms with Crippen LogP contribution in [0.5, 0.6) is 5.75 Å². The molecule has 232 valence electrons. The summed E-state index contributed by atoms with van der Waals surface area (Å²) in [5.74, 6) is -1.29. The number of aliphatic hydroxyl groups is 1. The van der Waals surface area contributed by atoms with Gasteiger partial charge in [-0.1, -0.05) is 54.6 Å². The minimum atomic E-state index is -0.969. The number of likely N-dealkylation sites (tertiary alicyclic amines) is 1. The monoisotopic (exact) mass is 615 g/mol. The van der Waals surface area contributed by atoms with Gasteiger partial charge in [-0.2, -0.15) is 0 Å². The van der Waals surface area contributed by atoms with Crippen LogP contribution in [0.3, 0.4) is 0 Å². The molecule has 2 fully saturated rings. The molecule has 4 aliphatic heterocycles. The Kier molecular flexibility index (Phi) is 8.13. The van der Waals surface area contributed by atoms with Crippen LogP contribution in [-0.2, 0) is 20.8 Å². The summed E-state index contributed by atoms with van der Waals surface area (Å²) in [6.45, 7) is 8.96. The van der Waals surface area contributed by atoms with E-state index in [0.717, 1.165) is 17.0 Å². The van der Waals surface area contributed by atoms with Gasteiger partial charge in [0.1, 0.15) is 11.8 Å². The van der Waals surface area contributed by atoms with E-state index < -0.39 is 33.4 Å². The summed E-state index contributed by atoms with van der Waals surface area (Å²) in [6.07, 6.45) is 8.50. The van der Waals surface area contributed by atoms with Gasteiger partial charge in [0.15, 0.2) is 0 Å². The molecule has 2 saturated heterocycles. The lowest BCUT2D eigenvalue weighted by atomic mass is 9.74. The molecule has 1 N–H and O–H groups in total.